The van der Waals surface area contributed by atoms with Crippen LogP contribution in [0.2, 0.25) is 5.02 Å². The fraction of sp³-hybridized carbons (Fsp3) is 0.474. The molecule has 2 aliphatic rings. The molecule has 2 saturated heterocycles. The molecule has 148 valence electrons. The summed E-state index contributed by atoms with van der Waals surface area (Å²) in [7, 11) is 0. The third kappa shape index (κ3) is 3.61. The number of aryl methyl sites for hydroxylation is 1. The van der Waals surface area contributed by atoms with Crippen LogP contribution in [0.4, 0.5) is 10.1 Å². The number of carbonyl (C=O) groups excluding carboxylic acids is 2. The lowest BCUT2D eigenvalue weighted by Gasteiger charge is -2.32. The van der Waals surface area contributed by atoms with Crippen molar-refractivity contribution in [2.45, 2.75) is 32.1 Å². The highest BCUT2D eigenvalue weighted by Crippen LogP contribution is 2.31. The van der Waals surface area contributed by atoms with Gasteiger partial charge in [-0.05, 0) is 38.0 Å². The molecule has 0 saturated carbocycles. The summed E-state index contributed by atoms with van der Waals surface area (Å²) in [4.78, 5) is 33.0. The lowest BCUT2D eigenvalue weighted by atomic mass is 9.95. The van der Waals surface area contributed by atoms with E-state index in [1.807, 2.05) is 11.8 Å². The third-order valence-corrected chi connectivity index (χ3v) is 5.77. The van der Waals surface area contributed by atoms with Gasteiger partial charge in [0.15, 0.2) is 5.82 Å². The molecule has 2 fully saturated rings. The number of halogens is 2. The molecule has 1 aromatic carbocycles. The van der Waals surface area contributed by atoms with Gasteiger partial charge in [-0.2, -0.15) is 5.10 Å². The summed E-state index contributed by atoms with van der Waals surface area (Å²) in [5, 5.41) is 7.05. The molecule has 0 spiro atoms. The molecule has 1 atom stereocenters. The predicted molar refractivity (Wildman–Crippen MR) is 102 cm³/mol. The van der Waals surface area contributed by atoms with E-state index < -0.39 is 11.7 Å². The number of aromatic nitrogens is 3. The minimum atomic E-state index is -0.533. The topological polar surface area (TPSA) is 82.2 Å². The van der Waals surface area contributed by atoms with E-state index in [0.717, 1.165) is 24.5 Å². The van der Waals surface area contributed by atoms with Gasteiger partial charge in [0.25, 0.3) is 0 Å². The number of carbonyl (C=O) groups is 2. The molecule has 2 aliphatic heterocycles. The number of piperidine rings is 1. The molecule has 1 aromatic heterocycles. The van der Waals surface area contributed by atoms with Crippen molar-refractivity contribution in [2.75, 3.05) is 24.5 Å². The monoisotopic (exact) mass is 405 g/mol. The normalized spacial score (nSPS) is 20.8. The number of benzene rings is 1. The van der Waals surface area contributed by atoms with E-state index in [1.54, 1.807) is 0 Å². The first-order chi connectivity index (χ1) is 13.4. The van der Waals surface area contributed by atoms with Crippen molar-refractivity contribution in [2.24, 2.45) is 5.92 Å². The van der Waals surface area contributed by atoms with Gasteiger partial charge >= 0.3 is 0 Å². The number of nitrogens with zero attached hydrogens (tertiary/aromatic N) is 4. The molecule has 28 heavy (non-hydrogen) atoms. The van der Waals surface area contributed by atoms with Gasteiger partial charge in [-0.15, -0.1) is 0 Å². The summed E-state index contributed by atoms with van der Waals surface area (Å²) < 4.78 is 13.4. The van der Waals surface area contributed by atoms with Crippen LogP contribution in [-0.2, 0) is 9.59 Å². The van der Waals surface area contributed by atoms with Crippen molar-refractivity contribution in [3.63, 3.8) is 0 Å². The van der Waals surface area contributed by atoms with Gasteiger partial charge in [-0.1, -0.05) is 11.6 Å². The molecule has 4 rings (SSSR count). The highest BCUT2D eigenvalue weighted by molar-refractivity contribution is 6.31. The number of amides is 2. The summed E-state index contributed by atoms with van der Waals surface area (Å²) in [5.74, 6) is 0.768. The molecule has 1 N–H and O–H groups in total. The van der Waals surface area contributed by atoms with Crippen molar-refractivity contribution < 1.29 is 14.0 Å². The second kappa shape index (κ2) is 7.50. The lowest BCUT2D eigenvalue weighted by molar-refractivity contribution is -0.136. The Morgan fingerprint density at radius 1 is 1.32 bits per heavy atom. The number of H-pyrrole nitrogens is 1. The first-order valence-corrected chi connectivity index (χ1v) is 9.73. The first kappa shape index (κ1) is 18.9. The van der Waals surface area contributed by atoms with E-state index in [0.29, 0.717) is 25.3 Å². The standard InChI is InChI=1S/C19H21ClFN5O2/c1-11-22-18(24-23-11)12-4-6-25(7-5-12)19(28)13-8-17(27)26(10-13)14-2-3-16(21)15(20)9-14/h2-3,9,12-13H,4-8,10H2,1H3,(H,22,23,24). The van der Waals surface area contributed by atoms with Crippen LogP contribution in [0, 0.1) is 18.7 Å². The zero-order valence-electron chi connectivity index (χ0n) is 15.5. The van der Waals surface area contributed by atoms with Gasteiger partial charge in [-0.25, -0.2) is 9.37 Å². The summed E-state index contributed by atoms with van der Waals surface area (Å²) in [6, 6.07) is 4.16. The summed E-state index contributed by atoms with van der Waals surface area (Å²) >= 11 is 5.83. The van der Waals surface area contributed by atoms with Gasteiger partial charge < -0.3 is 9.80 Å². The van der Waals surface area contributed by atoms with Gasteiger partial charge in [-0.3, -0.25) is 14.7 Å². The SMILES string of the molecule is Cc1nc(C2CCN(C(=O)C3CC(=O)N(c4ccc(F)c(Cl)c4)C3)CC2)n[nH]1. The van der Waals surface area contributed by atoms with E-state index in [2.05, 4.69) is 15.2 Å². The molecular weight excluding hydrogens is 385 g/mol. The minimum Gasteiger partial charge on any atom is -0.342 e. The maximum atomic E-state index is 13.4. The molecule has 1 unspecified atom stereocenters. The number of anilines is 1. The number of aromatic amines is 1. The molecule has 3 heterocycles. The van der Waals surface area contributed by atoms with E-state index in [9.17, 15) is 14.0 Å². The molecular formula is C19H21ClFN5O2. The van der Waals surface area contributed by atoms with Crippen LogP contribution in [0.15, 0.2) is 18.2 Å². The smallest absolute Gasteiger partial charge is 0.228 e. The van der Waals surface area contributed by atoms with Crippen molar-refractivity contribution >= 4 is 29.1 Å². The Hall–Kier alpha value is -2.48. The highest BCUT2D eigenvalue weighted by Gasteiger charge is 2.38. The predicted octanol–water partition coefficient (Wildman–Crippen LogP) is 2.66. The molecule has 0 bridgehead atoms. The van der Waals surface area contributed by atoms with Gasteiger partial charge in [0.2, 0.25) is 11.8 Å². The number of likely N-dealkylation sites (tertiary alicyclic amines) is 1. The summed E-state index contributed by atoms with van der Waals surface area (Å²) in [6.45, 7) is 3.42. The number of rotatable bonds is 3. The molecule has 2 amide bonds. The Morgan fingerprint density at radius 3 is 2.71 bits per heavy atom. The van der Waals surface area contributed by atoms with Crippen LogP contribution in [0.1, 0.15) is 36.8 Å². The Kier molecular flexibility index (Phi) is 5.05. The van der Waals surface area contributed by atoms with E-state index in [1.165, 1.54) is 23.1 Å². The van der Waals surface area contributed by atoms with Crippen LogP contribution in [0.5, 0.6) is 0 Å². The number of nitrogens with one attached hydrogen (secondary N) is 1. The summed E-state index contributed by atoms with van der Waals surface area (Å²) in [6.07, 6.45) is 1.77. The van der Waals surface area contributed by atoms with Crippen LogP contribution in [0.25, 0.3) is 0 Å². The Bertz CT molecular complexity index is 909. The molecule has 7 nitrogen and oxygen atoms in total. The van der Waals surface area contributed by atoms with Crippen LogP contribution < -0.4 is 4.90 Å². The Balaban J connectivity index is 1.38. The fourth-order valence-electron chi connectivity index (χ4n) is 3.93. The summed E-state index contributed by atoms with van der Waals surface area (Å²) in [5.41, 5.74) is 0.519. The van der Waals surface area contributed by atoms with Crippen LogP contribution in [-0.4, -0.2) is 51.5 Å². The van der Waals surface area contributed by atoms with Crippen molar-refractivity contribution in [3.05, 3.63) is 40.7 Å². The number of hydrogen-bond donors (Lipinski definition) is 1. The molecule has 0 radical (unpaired) electrons. The van der Waals surface area contributed by atoms with Crippen LogP contribution >= 0.6 is 11.6 Å². The highest BCUT2D eigenvalue weighted by atomic mass is 35.5. The number of hydrogen-bond acceptors (Lipinski definition) is 4. The Morgan fingerprint density at radius 2 is 2.07 bits per heavy atom. The van der Waals surface area contributed by atoms with Gasteiger partial charge in [0.1, 0.15) is 11.6 Å². The fourth-order valence-corrected chi connectivity index (χ4v) is 4.11. The maximum absolute atomic E-state index is 13.4. The second-order valence-electron chi connectivity index (χ2n) is 7.38. The van der Waals surface area contributed by atoms with Crippen molar-refractivity contribution in [1.29, 1.82) is 0 Å². The minimum absolute atomic E-state index is 0.00586. The van der Waals surface area contributed by atoms with Crippen molar-refractivity contribution in [1.82, 2.24) is 20.1 Å². The third-order valence-electron chi connectivity index (χ3n) is 5.48. The quantitative estimate of drug-likeness (QED) is 0.851. The Labute approximate surface area is 166 Å². The van der Waals surface area contributed by atoms with E-state index in [-0.39, 0.29) is 29.2 Å². The molecule has 9 heteroatoms. The molecule has 0 aliphatic carbocycles. The molecule has 2 aromatic rings. The van der Waals surface area contributed by atoms with Crippen molar-refractivity contribution in [3.8, 4) is 0 Å². The van der Waals surface area contributed by atoms with Gasteiger partial charge in [0.05, 0.1) is 10.9 Å². The maximum Gasteiger partial charge on any atom is 0.228 e. The van der Waals surface area contributed by atoms with E-state index >= 15 is 0 Å². The first-order valence-electron chi connectivity index (χ1n) is 9.35. The zero-order chi connectivity index (χ0) is 19.8. The van der Waals surface area contributed by atoms with Crippen LogP contribution in [0.3, 0.4) is 0 Å². The lowest BCUT2D eigenvalue weighted by Crippen LogP contribution is -2.42. The average Bonchev–Trinajstić information content (AvgIpc) is 3.29. The van der Waals surface area contributed by atoms with E-state index in [4.69, 9.17) is 11.6 Å². The largest absolute Gasteiger partial charge is 0.342 e. The zero-order valence-corrected chi connectivity index (χ0v) is 16.2. The second-order valence-corrected chi connectivity index (χ2v) is 7.79. The average molecular weight is 406 g/mol. The van der Waals surface area contributed by atoms with Gasteiger partial charge in [0, 0.05) is 37.7 Å².